The van der Waals surface area contributed by atoms with Gasteiger partial charge in [-0.2, -0.15) is 4.98 Å². The molecule has 4 aromatic rings. The second-order valence-corrected chi connectivity index (χ2v) is 8.80. The number of anilines is 1. The molecule has 0 bridgehead atoms. The Morgan fingerprint density at radius 2 is 1.69 bits per heavy atom. The number of rotatable bonds is 7. The lowest BCUT2D eigenvalue weighted by Gasteiger charge is -2.31. The van der Waals surface area contributed by atoms with E-state index in [2.05, 4.69) is 32.1 Å². The Balaban J connectivity index is 0.00000289. The Morgan fingerprint density at radius 3 is 2.43 bits per heavy atom. The topological polar surface area (TPSA) is 104 Å². The highest BCUT2D eigenvalue weighted by Crippen LogP contribution is 2.19. The molecule has 0 amide bonds. The number of benzene rings is 1. The van der Waals surface area contributed by atoms with Crippen LogP contribution in [0.15, 0.2) is 56.5 Å². The Morgan fingerprint density at radius 1 is 0.971 bits per heavy atom. The number of nitrogens with zero attached hydrogens (tertiary/aromatic N) is 5. The lowest BCUT2D eigenvalue weighted by atomic mass is 10.2. The van der Waals surface area contributed by atoms with E-state index in [9.17, 15) is 9.59 Å². The average molecular weight is 544 g/mol. The van der Waals surface area contributed by atoms with Crippen LogP contribution in [0.25, 0.3) is 11.2 Å². The predicted octanol–water partition coefficient (Wildman–Crippen LogP) is 2.00. The highest BCUT2D eigenvalue weighted by atomic mass is 79.9. The zero-order valence-corrected chi connectivity index (χ0v) is 21.6. The van der Waals surface area contributed by atoms with Crippen LogP contribution in [-0.2, 0) is 26.7 Å². The fourth-order valence-corrected chi connectivity index (χ4v) is 4.28. The van der Waals surface area contributed by atoms with Crippen molar-refractivity contribution in [3.63, 3.8) is 0 Å². The first-order valence-corrected chi connectivity index (χ1v) is 11.4. The van der Waals surface area contributed by atoms with Crippen molar-refractivity contribution in [2.75, 3.05) is 38.5 Å². The van der Waals surface area contributed by atoms with Crippen LogP contribution >= 0.6 is 17.0 Å². The number of fused-ring (bicyclic) bond motifs is 1. The highest BCUT2D eigenvalue weighted by Gasteiger charge is 2.19. The molecule has 0 saturated carbocycles. The number of nitrogens with one attached hydrogen (secondary N) is 2. The van der Waals surface area contributed by atoms with Gasteiger partial charge in [0.05, 0.1) is 19.6 Å². The second kappa shape index (κ2) is 10.6. The standard InChI is InChI=1S/C24H29N7O3.BrH/c1-28-10-12-30(13-11-28)16-19-9-8-18(34-19)14-25-23-26-21-20(22(32)27-24(33)29(21)2)31(23)15-17-6-4-3-5-7-17;/h3-9H,10-16H2,1-2H3,(H,25,26)(H,27,32,33);1H. The number of hydrogen-bond acceptors (Lipinski definition) is 7. The molecule has 0 spiro atoms. The van der Waals surface area contributed by atoms with Crippen molar-refractivity contribution in [2.24, 2.45) is 7.05 Å². The molecule has 1 fully saturated rings. The number of likely N-dealkylation sites (N-methyl/N-ethyl adjacent to an activating group) is 1. The Hall–Kier alpha value is -3.15. The van der Waals surface area contributed by atoms with E-state index in [1.54, 1.807) is 11.6 Å². The van der Waals surface area contributed by atoms with Gasteiger partial charge in [0, 0.05) is 33.2 Å². The summed E-state index contributed by atoms with van der Waals surface area (Å²) in [4.78, 5) is 36.5. The van der Waals surface area contributed by atoms with E-state index in [1.807, 2.05) is 42.5 Å². The number of aromatic nitrogens is 4. The number of furan rings is 1. The van der Waals surface area contributed by atoms with Crippen LogP contribution in [0.4, 0.5) is 5.95 Å². The quantitative estimate of drug-likeness (QED) is 0.367. The average Bonchev–Trinajstić information content (AvgIpc) is 3.43. The molecule has 1 aliphatic rings. The molecule has 3 aromatic heterocycles. The van der Waals surface area contributed by atoms with Gasteiger partial charge >= 0.3 is 5.69 Å². The smallest absolute Gasteiger partial charge is 0.329 e. The normalized spacial score (nSPS) is 14.8. The summed E-state index contributed by atoms with van der Waals surface area (Å²) in [5, 5.41) is 3.31. The number of aromatic amines is 1. The van der Waals surface area contributed by atoms with Gasteiger partial charge in [0.25, 0.3) is 5.56 Å². The molecule has 0 radical (unpaired) electrons. The summed E-state index contributed by atoms with van der Waals surface area (Å²) in [6.07, 6.45) is 0. The molecular weight excluding hydrogens is 514 g/mol. The second-order valence-electron chi connectivity index (χ2n) is 8.80. The number of H-pyrrole nitrogens is 1. The van der Waals surface area contributed by atoms with Crippen molar-refractivity contribution in [3.8, 4) is 0 Å². The summed E-state index contributed by atoms with van der Waals surface area (Å²) in [5.41, 5.74) is 0.756. The van der Waals surface area contributed by atoms with Gasteiger partial charge in [0.2, 0.25) is 5.95 Å². The van der Waals surface area contributed by atoms with Gasteiger partial charge in [0.15, 0.2) is 11.2 Å². The molecule has 1 aliphatic heterocycles. The van der Waals surface area contributed by atoms with E-state index in [1.165, 1.54) is 4.57 Å². The fraction of sp³-hybridized carbons (Fsp3) is 0.375. The van der Waals surface area contributed by atoms with Gasteiger partial charge in [-0.3, -0.25) is 23.8 Å². The van der Waals surface area contributed by atoms with Crippen LogP contribution < -0.4 is 16.6 Å². The van der Waals surface area contributed by atoms with Gasteiger partial charge in [-0.05, 0) is 24.7 Å². The fourth-order valence-electron chi connectivity index (χ4n) is 4.28. The Kier molecular flexibility index (Phi) is 7.58. The van der Waals surface area contributed by atoms with Crippen LogP contribution in [-0.4, -0.2) is 62.1 Å². The van der Waals surface area contributed by atoms with Gasteiger partial charge in [-0.1, -0.05) is 30.3 Å². The third kappa shape index (κ3) is 5.42. The summed E-state index contributed by atoms with van der Waals surface area (Å²) in [7, 11) is 3.74. The summed E-state index contributed by atoms with van der Waals surface area (Å²) < 4.78 is 9.21. The van der Waals surface area contributed by atoms with Crippen LogP contribution in [0, 0.1) is 0 Å². The minimum absolute atomic E-state index is 0. The number of hydrogen-bond donors (Lipinski definition) is 2. The van der Waals surface area contributed by atoms with Gasteiger partial charge < -0.3 is 14.6 Å². The van der Waals surface area contributed by atoms with E-state index >= 15 is 0 Å². The van der Waals surface area contributed by atoms with Crippen LogP contribution in [0.3, 0.4) is 0 Å². The molecular formula is C24H30BrN7O3. The summed E-state index contributed by atoms with van der Waals surface area (Å²) >= 11 is 0. The number of piperazine rings is 1. The van der Waals surface area contributed by atoms with Crippen molar-refractivity contribution in [1.29, 1.82) is 0 Å². The maximum absolute atomic E-state index is 12.7. The molecule has 0 aliphatic carbocycles. The largest absolute Gasteiger partial charge is 0.463 e. The van der Waals surface area contributed by atoms with E-state index in [0.717, 1.165) is 49.8 Å². The summed E-state index contributed by atoms with van der Waals surface area (Å²) in [5.74, 6) is 2.21. The van der Waals surface area contributed by atoms with Crippen molar-refractivity contribution >= 4 is 34.1 Å². The lowest BCUT2D eigenvalue weighted by Crippen LogP contribution is -2.43. The van der Waals surface area contributed by atoms with Crippen molar-refractivity contribution in [1.82, 2.24) is 28.9 Å². The molecule has 0 atom stereocenters. The number of halogens is 1. The molecule has 1 saturated heterocycles. The Labute approximate surface area is 212 Å². The first-order valence-electron chi connectivity index (χ1n) is 11.4. The van der Waals surface area contributed by atoms with E-state index in [-0.39, 0.29) is 17.0 Å². The molecule has 5 rings (SSSR count). The number of imidazole rings is 1. The minimum Gasteiger partial charge on any atom is -0.463 e. The zero-order chi connectivity index (χ0) is 23.7. The Bertz CT molecular complexity index is 1400. The van der Waals surface area contributed by atoms with Crippen molar-refractivity contribution in [3.05, 3.63) is 80.4 Å². The first kappa shape index (κ1) is 25.0. The highest BCUT2D eigenvalue weighted by molar-refractivity contribution is 8.93. The monoisotopic (exact) mass is 543 g/mol. The molecule has 1 aromatic carbocycles. The maximum Gasteiger partial charge on any atom is 0.329 e. The van der Waals surface area contributed by atoms with Gasteiger partial charge in [0.1, 0.15) is 11.5 Å². The van der Waals surface area contributed by atoms with Crippen molar-refractivity contribution in [2.45, 2.75) is 19.6 Å². The van der Waals surface area contributed by atoms with E-state index in [4.69, 9.17) is 4.42 Å². The first-order chi connectivity index (χ1) is 16.5. The third-order valence-electron chi connectivity index (χ3n) is 6.30. The minimum atomic E-state index is -0.493. The molecule has 10 nitrogen and oxygen atoms in total. The van der Waals surface area contributed by atoms with E-state index < -0.39 is 11.2 Å². The predicted molar refractivity (Wildman–Crippen MR) is 140 cm³/mol. The molecule has 0 unspecified atom stereocenters. The lowest BCUT2D eigenvalue weighted by molar-refractivity contribution is 0.140. The summed E-state index contributed by atoms with van der Waals surface area (Å²) in [6.45, 7) is 5.82. The molecule has 35 heavy (non-hydrogen) atoms. The molecule has 186 valence electrons. The van der Waals surface area contributed by atoms with Crippen molar-refractivity contribution < 1.29 is 4.42 Å². The van der Waals surface area contributed by atoms with Gasteiger partial charge in [-0.15, -0.1) is 17.0 Å². The van der Waals surface area contributed by atoms with Crippen LogP contribution in [0.1, 0.15) is 17.1 Å². The SMILES string of the molecule is Br.CN1CCN(Cc2ccc(CNc3nc4c(c(=O)[nH]c(=O)n4C)n3Cc3ccccc3)o2)CC1. The molecule has 2 N–H and O–H groups in total. The van der Waals surface area contributed by atoms with Crippen LogP contribution in [0.2, 0.25) is 0 Å². The number of aryl methyl sites for hydroxylation is 1. The third-order valence-corrected chi connectivity index (χ3v) is 6.30. The molecule has 4 heterocycles. The zero-order valence-electron chi connectivity index (χ0n) is 19.9. The van der Waals surface area contributed by atoms with Gasteiger partial charge in [-0.25, -0.2) is 4.79 Å². The maximum atomic E-state index is 12.7. The summed E-state index contributed by atoms with van der Waals surface area (Å²) in [6, 6.07) is 13.8. The van der Waals surface area contributed by atoms with E-state index in [0.29, 0.717) is 30.2 Å². The van der Waals surface area contributed by atoms with Crippen LogP contribution in [0.5, 0.6) is 0 Å². The molecule has 11 heteroatoms.